The third-order valence-electron chi connectivity index (χ3n) is 3.91. The van der Waals surface area contributed by atoms with Crippen molar-refractivity contribution in [2.24, 2.45) is 0 Å². The predicted octanol–water partition coefficient (Wildman–Crippen LogP) is 5.69. The topological polar surface area (TPSA) is 45.2 Å². The summed E-state index contributed by atoms with van der Waals surface area (Å²) in [6, 6.07) is 21.1. The van der Waals surface area contributed by atoms with Crippen LogP contribution in [0, 0.1) is 0 Å². The summed E-state index contributed by atoms with van der Waals surface area (Å²) in [5.41, 5.74) is 2.81. The highest BCUT2D eigenvalue weighted by atomic mass is 35.5. The molecule has 0 aliphatic carbocycles. The Morgan fingerprint density at radius 1 is 1.11 bits per heavy atom. The van der Waals surface area contributed by atoms with Gasteiger partial charge in [0.2, 0.25) is 0 Å². The molecule has 0 unspecified atom stereocenters. The number of amides is 2. The molecule has 3 aromatic rings. The molecule has 6 heteroatoms. The van der Waals surface area contributed by atoms with Gasteiger partial charge in [-0.15, -0.1) is 11.8 Å². The van der Waals surface area contributed by atoms with Gasteiger partial charge in [-0.25, -0.2) is 9.78 Å². The monoisotopic (exact) mass is 397 g/mol. The van der Waals surface area contributed by atoms with E-state index in [1.165, 1.54) is 0 Å². The molecule has 1 heterocycles. The molecule has 2 amide bonds. The van der Waals surface area contributed by atoms with Crippen molar-refractivity contribution in [2.75, 3.05) is 12.4 Å². The first-order valence-electron chi connectivity index (χ1n) is 8.50. The van der Waals surface area contributed by atoms with Crippen molar-refractivity contribution in [3.63, 3.8) is 0 Å². The van der Waals surface area contributed by atoms with E-state index in [2.05, 4.69) is 10.3 Å². The molecule has 138 valence electrons. The summed E-state index contributed by atoms with van der Waals surface area (Å²) in [5.74, 6) is 0.788. The molecule has 0 fully saturated rings. The number of aromatic nitrogens is 1. The zero-order chi connectivity index (χ0) is 19.1. The molecule has 2 aromatic carbocycles. The van der Waals surface area contributed by atoms with Crippen molar-refractivity contribution in [1.29, 1.82) is 0 Å². The molecule has 3 rings (SSSR count). The fraction of sp³-hybridized carbons (Fsp3) is 0.143. The van der Waals surface area contributed by atoms with E-state index in [1.807, 2.05) is 66.7 Å². The van der Waals surface area contributed by atoms with Gasteiger partial charge < -0.3 is 10.2 Å². The third kappa shape index (κ3) is 5.74. The average Bonchev–Trinajstić information content (AvgIpc) is 2.69. The Balaban J connectivity index is 1.58. The summed E-state index contributed by atoms with van der Waals surface area (Å²) in [4.78, 5) is 18.4. The molecular weight excluding hydrogens is 378 g/mol. The lowest BCUT2D eigenvalue weighted by molar-refractivity contribution is 0.220. The summed E-state index contributed by atoms with van der Waals surface area (Å²) in [6.45, 7) is 0.445. The predicted molar refractivity (Wildman–Crippen MR) is 112 cm³/mol. The van der Waals surface area contributed by atoms with E-state index in [9.17, 15) is 4.79 Å². The van der Waals surface area contributed by atoms with E-state index in [0.717, 1.165) is 27.6 Å². The second-order valence-corrected chi connectivity index (χ2v) is 7.44. The normalized spacial score (nSPS) is 10.4. The Bertz CT molecular complexity index is 905. The van der Waals surface area contributed by atoms with Crippen molar-refractivity contribution in [2.45, 2.75) is 17.3 Å². The number of carbonyl (C=O) groups excluding carboxylic acids is 1. The van der Waals surface area contributed by atoms with E-state index in [-0.39, 0.29) is 6.03 Å². The number of hydrogen-bond donors (Lipinski definition) is 1. The Morgan fingerprint density at radius 3 is 2.70 bits per heavy atom. The van der Waals surface area contributed by atoms with Crippen LogP contribution < -0.4 is 5.32 Å². The first-order valence-corrected chi connectivity index (χ1v) is 9.86. The zero-order valence-corrected chi connectivity index (χ0v) is 16.5. The first-order chi connectivity index (χ1) is 13.1. The maximum absolute atomic E-state index is 12.5. The lowest BCUT2D eigenvalue weighted by Gasteiger charge is -2.19. The minimum Gasteiger partial charge on any atom is -0.323 e. The van der Waals surface area contributed by atoms with E-state index in [4.69, 9.17) is 11.6 Å². The quantitative estimate of drug-likeness (QED) is 0.543. The van der Waals surface area contributed by atoms with Crippen molar-refractivity contribution in [3.8, 4) is 0 Å². The van der Waals surface area contributed by atoms with Gasteiger partial charge in [0.15, 0.2) is 0 Å². The van der Waals surface area contributed by atoms with Crippen molar-refractivity contribution in [1.82, 2.24) is 9.88 Å². The van der Waals surface area contributed by atoms with Gasteiger partial charge in [0.25, 0.3) is 0 Å². The molecule has 0 aliphatic rings. The van der Waals surface area contributed by atoms with Crippen LogP contribution in [-0.4, -0.2) is 23.0 Å². The van der Waals surface area contributed by atoms with E-state index < -0.39 is 0 Å². The molecular formula is C21H20ClN3OS. The number of nitrogens with zero attached hydrogens (tertiary/aromatic N) is 2. The summed E-state index contributed by atoms with van der Waals surface area (Å²) >= 11 is 7.84. The molecule has 4 nitrogen and oxygen atoms in total. The smallest absolute Gasteiger partial charge is 0.321 e. The van der Waals surface area contributed by atoms with Gasteiger partial charge in [0.05, 0.1) is 5.03 Å². The number of nitrogens with one attached hydrogen (secondary N) is 1. The number of carbonyl (C=O) groups is 1. The lowest BCUT2D eigenvalue weighted by Crippen LogP contribution is -2.30. The number of rotatable bonds is 6. The maximum Gasteiger partial charge on any atom is 0.321 e. The summed E-state index contributed by atoms with van der Waals surface area (Å²) in [6.07, 6.45) is 1.79. The summed E-state index contributed by atoms with van der Waals surface area (Å²) < 4.78 is 0. The molecule has 0 saturated heterocycles. The minimum atomic E-state index is -0.176. The van der Waals surface area contributed by atoms with E-state index in [0.29, 0.717) is 11.6 Å². The molecule has 0 spiro atoms. The third-order valence-corrected chi connectivity index (χ3v) is 5.30. The van der Waals surface area contributed by atoms with Gasteiger partial charge >= 0.3 is 6.03 Å². The zero-order valence-electron chi connectivity index (χ0n) is 14.9. The number of urea groups is 1. The molecule has 27 heavy (non-hydrogen) atoms. The summed E-state index contributed by atoms with van der Waals surface area (Å²) in [5, 5.41) is 4.58. The molecule has 0 radical (unpaired) electrons. The summed E-state index contributed by atoms with van der Waals surface area (Å²) in [7, 11) is 1.75. The molecule has 0 bridgehead atoms. The van der Waals surface area contributed by atoms with Gasteiger partial charge in [-0.2, -0.15) is 0 Å². The van der Waals surface area contributed by atoms with Crippen LogP contribution in [0.4, 0.5) is 10.5 Å². The lowest BCUT2D eigenvalue weighted by atomic mass is 10.2. The average molecular weight is 398 g/mol. The number of hydrogen-bond acceptors (Lipinski definition) is 3. The minimum absolute atomic E-state index is 0.176. The molecule has 1 N–H and O–H groups in total. The Kier molecular flexibility index (Phi) is 6.74. The highest BCUT2D eigenvalue weighted by molar-refractivity contribution is 7.98. The van der Waals surface area contributed by atoms with Crippen LogP contribution in [0.15, 0.2) is 78.0 Å². The van der Waals surface area contributed by atoms with Crippen LogP contribution in [0.1, 0.15) is 11.1 Å². The number of thioether (sulfide) groups is 1. The van der Waals surface area contributed by atoms with Crippen LogP contribution >= 0.6 is 23.4 Å². The van der Waals surface area contributed by atoms with Crippen molar-refractivity contribution < 1.29 is 4.79 Å². The van der Waals surface area contributed by atoms with Gasteiger partial charge in [-0.3, -0.25) is 0 Å². The molecule has 0 atom stereocenters. The second-order valence-electron chi connectivity index (χ2n) is 6.03. The Morgan fingerprint density at radius 2 is 1.93 bits per heavy atom. The second kappa shape index (κ2) is 9.44. The largest absolute Gasteiger partial charge is 0.323 e. The van der Waals surface area contributed by atoms with Crippen molar-refractivity contribution in [3.05, 3.63) is 89.1 Å². The number of anilines is 1. The molecule has 1 aromatic heterocycles. The number of pyridine rings is 1. The van der Waals surface area contributed by atoms with E-state index >= 15 is 0 Å². The van der Waals surface area contributed by atoms with Crippen LogP contribution in [0.25, 0.3) is 0 Å². The van der Waals surface area contributed by atoms with E-state index in [1.54, 1.807) is 29.9 Å². The Labute approximate surface area is 168 Å². The maximum atomic E-state index is 12.5. The highest BCUT2D eigenvalue weighted by Crippen LogP contribution is 2.22. The van der Waals surface area contributed by atoms with Gasteiger partial charge in [-0.1, -0.05) is 48.0 Å². The highest BCUT2D eigenvalue weighted by Gasteiger charge is 2.11. The van der Waals surface area contributed by atoms with Crippen LogP contribution in [0.2, 0.25) is 5.02 Å². The standard InChI is InChI=1S/C21H20ClN3OS/c1-25(14-17-8-2-3-10-19(17)22)21(26)24-18-9-6-7-16(13-18)15-27-20-11-4-5-12-23-20/h2-13H,14-15H2,1H3,(H,24,26). The Hall–Kier alpha value is -2.50. The van der Waals surface area contributed by atoms with Crippen molar-refractivity contribution >= 4 is 35.1 Å². The van der Waals surface area contributed by atoms with Crippen LogP contribution in [0.5, 0.6) is 0 Å². The van der Waals surface area contributed by atoms with Gasteiger partial charge in [-0.05, 0) is 41.5 Å². The fourth-order valence-corrected chi connectivity index (χ4v) is 3.50. The first kappa shape index (κ1) is 19.3. The SMILES string of the molecule is CN(Cc1ccccc1Cl)C(=O)Nc1cccc(CSc2ccccn2)c1. The van der Waals surface area contributed by atoms with Gasteiger partial charge in [0.1, 0.15) is 0 Å². The molecule has 0 saturated carbocycles. The number of benzene rings is 2. The van der Waals surface area contributed by atoms with Crippen LogP contribution in [0.3, 0.4) is 0 Å². The van der Waals surface area contributed by atoms with Gasteiger partial charge in [0, 0.05) is 36.3 Å². The molecule has 0 aliphatic heterocycles. The van der Waals surface area contributed by atoms with Crippen LogP contribution in [-0.2, 0) is 12.3 Å². The fourth-order valence-electron chi connectivity index (χ4n) is 2.50. The number of halogens is 1.